The van der Waals surface area contributed by atoms with Crippen LogP contribution in [0.5, 0.6) is 0 Å². The van der Waals surface area contributed by atoms with Crippen molar-refractivity contribution < 1.29 is 14.6 Å². The number of hydrogen-bond donors (Lipinski definition) is 1. The fraction of sp³-hybridized carbons (Fsp3) is 0.875. The van der Waals surface area contributed by atoms with Crippen LogP contribution in [-0.2, 0) is 9.53 Å². The average molecular weight is 158 g/mol. The van der Waals surface area contributed by atoms with Crippen LogP contribution in [0.2, 0.25) is 0 Å². The largest absolute Gasteiger partial charge is 0.479 e. The Bertz CT molecular complexity index is 163. The lowest BCUT2D eigenvalue weighted by Crippen LogP contribution is -2.42. The van der Waals surface area contributed by atoms with Crippen molar-refractivity contribution >= 4 is 5.97 Å². The molecule has 3 nitrogen and oxygen atoms in total. The van der Waals surface area contributed by atoms with Crippen molar-refractivity contribution in [1.29, 1.82) is 0 Å². The molecule has 1 heterocycles. The molecule has 1 aliphatic rings. The Labute approximate surface area is 66.4 Å². The van der Waals surface area contributed by atoms with E-state index in [0.717, 1.165) is 12.8 Å². The summed E-state index contributed by atoms with van der Waals surface area (Å²) in [6, 6.07) is 0. The van der Waals surface area contributed by atoms with Gasteiger partial charge in [0.25, 0.3) is 0 Å². The second-order valence-electron chi connectivity index (χ2n) is 3.68. The molecule has 0 amide bonds. The summed E-state index contributed by atoms with van der Waals surface area (Å²) in [5, 5.41) is 8.75. The molecule has 64 valence electrons. The lowest BCUT2D eigenvalue weighted by molar-refractivity contribution is -0.164. The first-order valence-corrected chi connectivity index (χ1v) is 3.88. The first-order valence-electron chi connectivity index (χ1n) is 3.88. The molecule has 1 unspecified atom stereocenters. The zero-order chi connectivity index (χ0) is 8.48. The molecule has 0 aromatic rings. The van der Waals surface area contributed by atoms with E-state index in [1.54, 1.807) is 0 Å². The second kappa shape index (κ2) is 2.81. The molecule has 11 heavy (non-hydrogen) atoms. The Morgan fingerprint density at radius 2 is 2.27 bits per heavy atom. The summed E-state index contributed by atoms with van der Waals surface area (Å²) in [5.41, 5.74) is -0.204. The van der Waals surface area contributed by atoms with Crippen LogP contribution < -0.4 is 0 Å². The molecule has 1 aliphatic heterocycles. The molecule has 0 saturated carbocycles. The minimum absolute atomic E-state index is 0.204. The summed E-state index contributed by atoms with van der Waals surface area (Å²) in [7, 11) is 0. The minimum atomic E-state index is -0.838. The molecule has 0 spiro atoms. The molecular formula is C8H14O3. The third kappa shape index (κ3) is 1.71. The molecule has 0 aromatic heterocycles. The molecule has 1 rings (SSSR count). The lowest BCUT2D eigenvalue weighted by atomic mass is 9.80. The highest BCUT2D eigenvalue weighted by atomic mass is 16.5. The molecule has 0 radical (unpaired) electrons. The van der Waals surface area contributed by atoms with Crippen molar-refractivity contribution in [3.8, 4) is 0 Å². The first kappa shape index (κ1) is 8.53. The van der Waals surface area contributed by atoms with Crippen LogP contribution in [0.4, 0.5) is 0 Å². The SMILES string of the molecule is CC1(C)CCCOC1C(=O)O. The number of carboxylic acid groups (broad SMARTS) is 1. The summed E-state index contributed by atoms with van der Waals surface area (Å²) < 4.78 is 5.16. The zero-order valence-corrected chi connectivity index (χ0v) is 6.96. The van der Waals surface area contributed by atoms with Gasteiger partial charge < -0.3 is 9.84 Å². The van der Waals surface area contributed by atoms with Gasteiger partial charge in [0.05, 0.1) is 0 Å². The van der Waals surface area contributed by atoms with Gasteiger partial charge in [-0.05, 0) is 12.8 Å². The Hall–Kier alpha value is -0.570. The van der Waals surface area contributed by atoms with Crippen molar-refractivity contribution in [3.63, 3.8) is 0 Å². The van der Waals surface area contributed by atoms with Crippen molar-refractivity contribution in [2.45, 2.75) is 32.8 Å². The van der Waals surface area contributed by atoms with Crippen LogP contribution in [0.3, 0.4) is 0 Å². The predicted octanol–water partition coefficient (Wildman–Crippen LogP) is 1.28. The van der Waals surface area contributed by atoms with Crippen molar-refractivity contribution in [1.82, 2.24) is 0 Å². The Kier molecular flexibility index (Phi) is 2.18. The van der Waals surface area contributed by atoms with Crippen LogP contribution in [0.25, 0.3) is 0 Å². The normalized spacial score (nSPS) is 29.8. The smallest absolute Gasteiger partial charge is 0.333 e. The highest BCUT2D eigenvalue weighted by Gasteiger charge is 2.38. The number of aliphatic carboxylic acids is 1. The van der Waals surface area contributed by atoms with Crippen molar-refractivity contribution in [3.05, 3.63) is 0 Å². The van der Waals surface area contributed by atoms with E-state index in [0.29, 0.717) is 6.61 Å². The van der Waals surface area contributed by atoms with Gasteiger partial charge in [-0.3, -0.25) is 0 Å². The highest BCUT2D eigenvalue weighted by molar-refractivity contribution is 5.73. The minimum Gasteiger partial charge on any atom is -0.479 e. The average Bonchev–Trinajstić information content (AvgIpc) is 1.85. The maximum absolute atomic E-state index is 10.6. The van der Waals surface area contributed by atoms with Crippen LogP contribution in [0, 0.1) is 5.41 Å². The van der Waals surface area contributed by atoms with E-state index < -0.39 is 12.1 Å². The van der Waals surface area contributed by atoms with Gasteiger partial charge in [-0.1, -0.05) is 13.8 Å². The van der Waals surface area contributed by atoms with Gasteiger partial charge in [-0.15, -0.1) is 0 Å². The molecule has 3 heteroatoms. The second-order valence-corrected chi connectivity index (χ2v) is 3.68. The van der Waals surface area contributed by atoms with E-state index in [9.17, 15) is 4.79 Å². The topological polar surface area (TPSA) is 46.5 Å². The number of hydrogen-bond acceptors (Lipinski definition) is 2. The van der Waals surface area contributed by atoms with E-state index in [1.807, 2.05) is 13.8 Å². The fourth-order valence-electron chi connectivity index (χ4n) is 1.49. The maximum atomic E-state index is 10.6. The molecule has 0 aliphatic carbocycles. The molecular weight excluding hydrogens is 144 g/mol. The van der Waals surface area contributed by atoms with Crippen LogP contribution in [0.15, 0.2) is 0 Å². The van der Waals surface area contributed by atoms with Gasteiger partial charge in [0.15, 0.2) is 6.10 Å². The Morgan fingerprint density at radius 3 is 2.64 bits per heavy atom. The first-order chi connectivity index (χ1) is 5.04. The molecule has 1 fully saturated rings. The summed E-state index contributed by atoms with van der Waals surface area (Å²) in [5.74, 6) is -0.838. The summed E-state index contributed by atoms with van der Waals surface area (Å²) >= 11 is 0. The van der Waals surface area contributed by atoms with Gasteiger partial charge >= 0.3 is 5.97 Å². The number of ether oxygens (including phenoxy) is 1. The number of rotatable bonds is 1. The fourth-order valence-corrected chi connectivity index (χ4v) is 1.49. The van der Waals surface area contributed by atoms with E-state index in [-0.39, 0.29) is 5.41 Å². The summed E-state index contributed by atoms with van der Waals surface area (Å²) in [4.78, 5) is 10.6. The third-order valence-electron chi connectivity index (χ3n) is 2.18. The monoisotopic (exact) mass is 158 g/mol. The molecule has 0 bridgehead atoms. The Morgan fingerprint density at radius 1 is 1.64 bits per heavy atom. The predicted molar refractivity (Wildman–Crippen MR) is 40.4 cm³/mol. The maximum Gasteiger partial charge on any atom is 0.333 e. The number of carboxylic acids is 1. The summed E-state index contributed by atoms with van der Waals surface area (Å²) in [6.07, 6.45) is 1.29. The van der Waals surface area contributed by atoms with Crippen molar-refractivity contribution in [2.24, 2.45) is 5.41 Å². The lowest BCUT2D eigenvalue weighted by Gasteiger charge is -2.35. The van der Waals surface area contributed by atoms with Crippen LogP contribution in [-0.4, -0.2) is 23.8 Å². The van der Waals surface area contributed by atoms with Gasteiger partial charge in [-0.2, -0.15) is 0 Å². The van der Waals surface area contributed by atoms with Gasteiger partial charge in [-0.25, -0.2) is 4.79 Å². The van der Waals surface area contributed by atoms with E-state index in [2.05, 4.69) is 0 Å². The van der Waals surface area contributed by atoms with Gasteiger partial charge in [0.2, 0.25) is 0 Å². The van der Waals surface area contributed by atoms with Crippen LogP contribution >= 0.6 is 0 Å². The molecule has 1 saturated heterocycles. The van der Waals surface area contributed by atoms with Gasteiger partial charge in [0.1, 0.15) is 0 Å². The zero-order valence-electron chi connectivity index (χ0n) is 6.96. The molecule has 1 atom stereocenters. The molecule has 0 aromatic carbocycles. The van der Waals surface area contributed by atoms with E-state index in [4.69, 9.17) is 9.84 Å². The van der Waals surface area contributed by atoms with E-state index >= 15 is 0 Å². The number of carbonyl (C=O) groups is 1. The van der Waals surface area contributed by atoms with Gasteiger partial charge in [0, 0.05) is 12.0 Å². The van der Waals surface area contributed by atoms with E-state index in [1.165, 1.54) is 0 Å². The Balaban J connectivity index is 2.67. The highest BCUT2D eigenvalue weighted by Crippen LogP contribution is 2.33. The molecule has 1 N–H and O–H groups in total. The van der Waals surface area contributed by atoms with Crippen molar-refractivity contribution in [2.75, 3.05) is 6.61 Å². The quantitative estimate of drug-likeness (QED) is 0.625. The third-order valence-corrected chi connectivity index (χ3v) is 2.18. The standard InChI is InChI=1S/C8H14O3/c1-8(2)4-3-5-11-6(8)7(9)10/h6H,3-5H2,1-2H3,(H,9,10). The summed E-state index contributed by atoms with van der Waals surface area (Å²) in [6.45, 7) is 4.45. The van der Waals surface area contributed by atoms with Crippen LogP contribution in [0.1, 0.15) is 26.7 Å².